The van der Waals surface area contributed by atoms with Gasteiger partial charge in [0.05, 0.1) is 11.7 Å². The minimum absolute atomic E-state index is 0.252. The zero-order valence-electron chi connectivity index (χ0n) is 11.7. The van der Waals surface area contributed by atoms with Gasteiger partial charge in [0.15, 0.2) is 0 Å². The molecule has 0 radical (unpaired) electrons. The molecule has 1 unspecified atom stereocenters. The fourth-order valence-electron chi connectivity index (χ4n) is 2.08. The zero-order valence-corrected chi connectivity index (χ0v) is 11.7. The zero-order chi connectivity index (χ0) is 14.7. The molecule has 0 saturated heterocycles. The van der Waals surface area contributed by atoms with Crippen molar-refractivity contribution in [3.8, 4) is 0 Å². The smallest absolute Gasteiger partial charge is 0.257 e. The Balaban J connectivity index is 2.17. The fraction of sp³-hybridized carbons (Fsp3) is 0.333. The maximum absolute atomic E-state index is 13.2. The Morgan fingerprint density at radius 1 is 1.50 bits per heavy atom. The highest BCUT2D eigenvalue weighted by Gasteiger charge is 2.20. The van der Waals surface area contributed by atoms with Gasteiger partial charge in [-0.3, -0.25) is 4.79 Å². The van der Waals surface area contributed by atoms with Gasteiger partial charge in [-0.25, -0.2) is 4.39 Å². The van der Waals surface area contributed by atoms with E-state index in [1.807, 2.05) is 6.92 Å². The minimum atomic E-state index is -0.320. The van der Waals surface area contributed by atoms with Gasteiger partial charge in [-0.05, 0) is 38.0 Å². The first-order valence-electron chi connectivity index (χ1n) is 6.54. The number of hydrogen-bond donors (Lipinski definition) is 1. The maximum atomic E-state index is 13.2. The Morgan fingerprint density at radius 3 is 2.90 bits per heavy atom. The molecule has 20 heavy (non-hydrogen) atoms. The van der Waals surface area contributed by atoms with Crippen molar-refractivity contribution >= 4 is 5.91 Å². The number of halogens is 1. The van der Waals surface area contributed by atoms with Crippen LogP contribution in [-0.4, -0.2) is 11.1 Å². The van der Waals surface area contributed by atoms with Crippen molar-refractivity contribution in [2.24, 2.45) is 0 Å². The Labute approximate surface area is 117 Å². The standard InChI is InChI=1S/C15H17FN2O2/c1-4-13-14(10(3)20-18-13)15(19)17-9(2)11-6-5-7-12(16)8-11/h5-9H,4H2,1-3H3,(H,17,19). The van der Waals surface area contributed by atoms with Crippen molar-refractivity contribution in [3.05, 3.63) is 52.7 Å². The van der Waals surface area contributed by atoms with Crippen molar-refractivity contribution in [3.63, 3.8) is 0 Å². The number of carbonyl (C=O) groups excluding carboxylic acids is 1. The van der Waals surface area contributed by atoms with Gasteiger partial charge in [0.2, 0.25) is 0 Å². The first kappa shape index (κ1) is 14.2. The summed E-state index contributed by atoms with van der Waals surface area (Å²) in [5.41, 5.74) is 1.81. The molecule has 2 rings (SSSR count). The highest BCUT2D eigenvalue weighted by Crippen LogP contribution is 2.18. The molecule has 1 atom stereocenters. The number of benzene rings is 1. The third-order valence-electron chi connectivity index (χ3n) is 3.19. The van der Waals surface area contributed by atoms with E-state index in [2.05, 4.69) is 10.5 Å². The molecule has 0 spiro atoms. The molecule has 1 N–H and O–H groups in total. The molecule has 1 aromatic carbocycles. The summed E-state index contributed by atoms with van der Waals surface area (Å²) in [4.78, 5) is 12.3. The summed E-state index contributed by atoms with van der Waals surface area (Å²) < 4.78 is 18.2. The van der Waals surface area contributed by atoms with Crippen LogP contribution in [0.25, 0.3) is 0 Å². The lowest BCUT2D eigenvalue weighted by Gasteiger charge is -2.14. The number of aromatic nitrogens is 1. The van der Waals surface area contributed by atoms with Crippen LogP contribution in [0.3, 0.4) is 0 Å². The van der Waals surface area contributed by atoms with E-state index in [4.69, 9.17) is 4.52 Å². The predicted molar refractivity (Wildman–Crippen MR) is 72.9 cm³/mol. The first-order chi connectivity index (χ1) is 9.52. The molecule has 1 amide bonds. The molecule has 1 aromatic heterocycles. The molecule has 2 aromatic rings. The molecule has 0 bridgehead atoms. The molecular weight excluding hydrogens is 259 g/mol. The second-order valence-electron chi connectivity index (χ2n) is 4.66. The molecular formula is C15H17FN2O2. The number of hydrogen-bond acceptors (Lipinski definition) is 3. The summed E-state index contributed by atoms with van der Waals surface area (Å²) in [6, 6.07) is 5.88. The molecule has 0 aliphatic carbocycles. The van der Waals surface area contributed by atoms with Gasteiger partial charge in [-0.2, -0.15) is 0 Å². The van der Waals surface area contributed by atoms with Gasteiger partial charge < -0.3 is 9.84 Å². The summed E-state index contributed by atoms with van der Waals surface area (Å²) in [6.45, 7) is 5.42. The van der Waals surface area contributed by atoms with Crippen LogP contribution < -0.4 is 5.32 Å². The Kier molecular flexibility index (Phi) is 4.17. The lowest BCUT2D eigenvalue weighted by molar-refractivity contribution is 0.0937. The number of aryl methyl sites for hydroxylation is 2. The number of carbonyl (C=O) groups is 1. The summed E-state index contributed by atoms with van der Waals surface area (Å²) >= 11 is 0. The monoisotopic (exact) mass is 276 g/mol. The van der Waals surface area contributed by atoms with E-state index in [9.17, 15) is 9.18 Å². The van der Waals surface area contributed by atoms with Crippen LogP contribution in [0.1, 0.15) is 47.3 Å². The van der Waals surface area contributed by atoms with Crippen LogP contribution in [0.5, 0.6) is 0 Å². The highest BCUT2D eigenvalue weighted by atomic mass is 19.1. The third kappa shape index (κ3) is 2.87. The average molecular weight is 276 g/mol. The van der Waals surface area contributed by atoms with Crippen LogP contribution in [0, 0.1) is 12.7 Å². The molecule has 4 nitrogen and oxygen atoms in total. The molecule has 1 heterocycles. The largest absolute Gasteiger partial charge is 0.361 e. The predicted octanol–water partition coefficient (Wildman–Crippen LogP) is 3.18. The molecule has 0 aliphatic heterocycles. The van der Waals surface area contributed by atoms with Gasteiger partial charge in [0, 0.05) is 0 Å². The number of amides is 1. The summed E-state index contributed by atoms with van der Waals surface area (Å²) in [7, 11) is 0. The van der Waals surface area contributed by atoms with Gasteiger partial charge in [0.25, 0.3) is 5.91 Å². The summed E-state index contributed by atoms with van der Waals surface area (Å²) in [6.07, 6.45) is 0.619. The van der Waals surface area contributed by atoms with E-state index in [1.165, 1.54) is 12.1 Å². The Bertz CT molecular complexity index is 622. The lowest BCUT2D eigenvalue weighted by atomic mass is 10.1. The van der Waals surface area contributed by atoms with Crippen LogP contribution in [0.2, 0.25) is 0 Å². The van der Waals surface area contributed by atoms with E-state index in [0.717, 1.165) is 0 Å². The summed E-state index contributed by atoms with van der Waals surface area (Å²) in [5.74, 6) is -0.0813. The van der Waals surface area contributed by atoms with Crippen molar-refractivity contribution in [2.45, 2.75) is 33.2 Å². The van der Waals surface area contributed by atoms with Crippen LogP contribution >= 0.6 is 0 Å². The quantitative estimate of drug-likeness (QED) is 0.933. The molecule has 0 fully saturated rings. The number of nitrogens with zero attached hydrogens (tertiary/aromatic N) is 1. The van der Waals surface area contributed by atoms with E-state index in [0.29, 0.717) is 29.0 Å². The second kappa shape index (κ2) is 5.86. The van der Waals surface area contributed by atoms with E-state index in [1.54, 1.807) is 26.0 Å². The van der Waals surface area contributed by atoms with Crippen molar-refractivity contribution in [1.82, 2.24) is 10.5 Å². The van der Waals surface area contributed by atoms with Crippen LogP contribution in [0.4, 0.5) is 4.39 Å². The van der Waals surface area contributed by atoms with Gasteiger partial charge >= 0.3 is 0 Å². The number of nitrogens with one attached hydrogen (secondary N) is 1. The molecule has 106 valence electrons. The normalized spacial score (nSPS) is 12.2. The molecule has 0 saturated carbocycles. The lowest BCUT2D eigenvalue weighted by Crippen LogP contribution is -2.27. The summed E-state index contributed by atoms with van der Waals surface area (Å²) in [5, 5.41) is 6.69. The highest BCUT2D eigenvalue weighted by molar-refractivity contribution is 5.96. The maximum Gasteiger partial charge on any atom is 0.257 e. The fourth-order valence-corrected chi connectivity index (χ4v) is 2.08. The topological polar surface area (TPSA) is 55.1 Å². The van der Waals surface area contributed by atoms with Crippen LogP contribution in [0.15, 0.2) is 28.8 Å². The van der Waals surface area contributed by atoms with Crippen molar-refractivity contribution < 1.29 is 13.7 Å². The Hall–Kier alpha value is -2.17. The van der Waals surface area contributed by atoms with Gasteiger partial charge in [-0.15, -0.1) is 0 Å². The van der Waals surface area contributed by atoms with Crippen molar-refractivity contribution in [1.29, 1.82) is 0 Å². The second-order valence-corrected chi connectivity index (χ2v) is 4.66. The Morgan fingerprint density at radius 2 is 2.25 bits per heavy atom. The average Bonchev–Trinajstić information content (AvgIpc) is 2.79. The van der Waals surface area contributed by atoms with Gasteiger partial charge in [-0.1, -0.05) is 24.2 Å². The van der Waals surface area contributed by atoms with E-state index >= 15 is 0 Å². The van der Waals surface area contributed by atoms with E-state index in [-0.39, 0.29) is 17.8 Å². The van der Waals surface area contributed by atoms with Crippen molar-refractivity contribution in [2.75, 3.05) is 0 Å². The van der Waals surface area contributed by atoms with Gasteiger partial charge in [0.1, 0.15) is 17.1 Å². The SMILES string of the molecule is CCc1noc(C)c1C(=O)NC(C)c1cccc(F)c1. The first-order valence-corrected chi connectivity index (χ1v) is 6.54. The number of rotatable bonds is 4. The third-order valence-corrected chi connectivity index (χ3v) is 3.19. The van der Waals surface area contributed by atoms with E-state index < -0.39 is 0 Å². The minimum Gasteiger partial charge on any atom is -0.361 e. The van der Waals surface area contributed by atoms with Crippen LogP contribution in [-0.2, 0) is 6.42 Å². The molecule has 0 aliphatic rings. The molecule has 5 heteroatoms.